The van der Waals surface area contributed by atoms with Gasteiger partial charge in [0.1, 0.15) is 5.75 Å². The lowest BCUT2D eigenvalue weighted by atomic mass is 10.1. The van der Waals surface area contributed by atoms with Crippen molar-refractivity contribution in [2.75, 3.05) is 0 Å². The molecule has 102 valence electrons. The fraction of sp³-hybridized carbons (Fsp3) is 0. The summed E-state index contributed by atoms with van der Waals surface area (Å²) in [5.41, 5.74) is 0.575. The summed E-state index contributed by atoms with van der Waals surface area (Å²) >= 11 is 3.46. The van der Waals surface area contributed by atoms with Crippen molar-refractivity contribution in [3.63, 3.8) is 0 Å². The van der Waals surface area contributed by atoms with Crippen molar-refractivity contribution in [1.82, 2.24) is 25.3 Å². The molecule has 0 radical (unpaired) electrons. The van der Waals surface area contributed by atoms with Gasteiger partial charge in [-0.3, -0.25) is 0 Å². The number of hydrogen-bond acceptors (Lipinski definition) is 5. The van der Waals surface area contributed by atoms with Gasteiger partial charge in [0, 0.05) is 10.5 Å². The van der Waals surface area contributed by atoms with E-state index in [0.29, 0.717) is 17.3 Å². The summed E-state index contributed by atoms with van der Waals surface area (Å²) in [5.74, 6) is 1.15. The minimum absolute atomic E-state index is 0.436. The smallest absolute Gasteiger partial charge is 0.239 e. The van der Waals surface area contributed by atoms with Crippen molar-refractivity contribution in [2.24, 2.45) is 0 Å². The predicted molar refractivity (Wildman–Crippen MR) is 80.3 cm³/mol. The van der Waals surface area contributed by atoms with E-state index in [1.165, 1.54) is 4.63 Å². The third-order valence-electron chi connectivity index (χ3n) is 3.04. The van der Waals surface area contributed by atoms with E-state index in [1.807, 2.05) is 30.3 Å². The summed E-state index contributed by atoms with van der Waals surface area (Å²) in [4.78, 5) is 0. The zero-order valence-corrected chi connectivity index (χ0v) is 12.2. The zero-order chi connectivity index (χ0) is 14.2. The first-order chi connectivity index (χ1) is 10.3. The summed E-state index contributed by atoms with van der Waals surface area (Å²) < 4.78 is 8.13. The van der Waals surface area contributed by atoms with Gasteiger partial charge in [-0.15, -0.1) is 14.8 Å². The van der Waals surface area contributed by atoms with Crippen LogP contribution in [0.25, 0.3) is 16.4 Å². The number of benzene rings is 2. The van der Waals surface area contributed by atoms with Crippen molar-refractivity contribution in [1.29, 1.82) is 0 Å². The van der Waals surface area contributed by atoms with E-state index in [0.717, 1.165) is 15.2 Å². The number of nitrogens with zero attached hydrogens (tertiary/aromatic N) is 5. The summed E-state index contributed by atoms with van der Waals surface area (Å²) in [6.45, 7) is 0. The molecule has 2 heterocycles. The van der Waals surface area contributed by atoms with Crippen molar-refractivity contribution in [2.45, 2.75) is 0 Å². The average molecular weight is 342 g/mol. The monoisotopic (exact) mass is 341 g/mol. The van der Waals surface area contributed by atoms with E-state index in [4.69, 9.17) is 4.74 Å². The molecule has 7 heteroatoms. The molecule has 4 aromatic rings. The maximum Gasteiger partial charge on any atom is 0.239 e. The number of aromatic nitrogens is 5. The lowest BCUT2D eigenvalue weighted by Gasteiger charge is -2.06. The highest BCUT2D eigenvalue weighted by Crippen LogP contribution is 2.26. The molecule has 21 heavy (non-hydrogen) atoms. The quantitative estimate of drug-likeness (QED) is 0.560. The van der Waals surface area contributed by atoms with Gasteiger partial charge < -0.3 is 4.74 Å². The van der Waals surface area contributed by atoms with Gasteiger partial charge in [-0.1, -0.05) is 28.1 Å². The van der Waals surface area contributed by atoms with Crippen molar-refractivity contribution in [3.8, 4) is 11.6 Å². The van der Waals surface area contributed by atoms with E-state index < -0.39 is 0 Å². The van der Waals surface area contributed by atoms with Crippen LogP contribution in [0.2, 0.25) is 0 Å². The fourth-order valence-electron chi connectivity index (χ4n) is 2.07. The Balaban J connectivity index is 1.71. The Morgan fingerprint density at radius 3 is 2.76 bits per heavy atom. The van der Waals surface area contributed by atoms with Crippen LogP contribution in [0.1, 0.15) is 0 Å². The number of ether oxygens (including phenoxy) is 1. The number of hydrogen-bond donors (Lipinski definition) is 0. The van der Waals surface area contributed by atoms with Crippen LogP contribution in [0.15, 0.2) is 53.0 Å². The van der Waals surface area contributed by atoms with Crippen LogP contribution in [0.3, 0.4) is 0 Å². The molecule has 2 aromatic heterocycles. The third-order valence-corrected chi connectivity index (χ3v) is 3.53. The molecule has 2 aromatic carbocycles. The molecule has 0 atom stereocenters. The van der Waals surface area contributed by atoms with Crippen LogP contribution in [0.5, 0.6) is 11.6 Å². The molecule has 4 rings (SSSR count). The summed E-state index contributed by atoms with van der Waals surface area (Å²) in [6, 6.07) is 15.4. The largest absolute Gasteiger partial charge is 0.437 e. The summed E-state index contributed by atoms with van der Waals surface area (Å²) in [7, 11) is 0. The Morgan fingerprint density at radius 2 is 1.81 bits per heavy atom. The van der Waals surface area contributed by atoms with E-state index in [1.54, 1.807) is 12.1 Å². The van der Waals surface area contributed by atoms with E-state index >= 15 is 0 Å². The number of halogens is 1. The fourth-order valence-corrected chi connectivity index (χ4v) is 2.45. The molecule has 0 bridgehead atoms. The lowest BCUT2D eigenvalue weighted by Crippen LogP contribution is -1.97. The second-order valence-corrected chi connectivity index (χ2v) is 5.37. The Hall–Kier alpha value is -2.54. The molecule has 0 fully saturated rings. The normalized spacial score (nSPS) is 11.1. The Morgan fingerprint density at radius 1 is 0.952 bits per heavy atom. The van der Waals surface area contributed by atoms with Crippen LogP contribution >= 0.6 is 15.9 Å². The van der Waals surface area contributed by atoms with Gasteiger partial charge in [-0.25, -0.2) is 0 Å². The first kappa shape index (κ1) is 12.2. The second-order valence-electron chi connectivity index (χ2n) is 4.45. The van der Waals surface area contributed by atoms with Gasteiger partial charge in [0.2, 0.25) is 5.88 Å². The standard InChI is InChI=1S/C14H8BrN5O/c15-11-3-1-10-8-12(4-2-9(10)7-11)21-14-6-5-13-16-18-19-20(13)17-14/h1-8H. The van der Waals surface area contributed by atoms with Crippen LogP contribution in [-0.4, -0.2) is 25.3 Å². The number of rotatable bonds is 2. The van der Waals surface area contributed by atoms with Gasteiger partial charge in [0.05, 0.1) is 0 Å². The summed E-state index contributed by atoms with van der Waals surface area (Å²) in [5, 5.41) is 17.5. The molecule has 0 aliphatic heterocycles. The first-order valence-electron chi connectivity index (χ1n) is 6.20. The maximum absolute atomic E-state index is 5.75. The van der Waals surface area contributed by atoms with Gasteiger partial charge in [0.25, 0.3) is 0 Å². The number of fused-ring (bicyclic) bond motifs is 2. The molecule has 0 spiro atoms. The van der Waals surface area contributed by atoms with Crippen LogP contribution < -0.4 is 4.74 Å². The van der Waals surface area contributed by atoms with Crippen molar-refractivity contribution in [3.05, 3.63) is 53.0 Å². The second kappa shape index (κ2) is 4.78. The SMILES string of the molecule is Brc1ccc2cc(Oc3ccc4nnnn4n3)ccc2c1. The minimum Gasteiger partial charge on any atom is -0.437 e. The molecule has 6 nitrogen and oxygen atoms in total. The van der Waals surface area contributed by atoms with Crippen LogP contribution in [0, 0.1) is 0 Å². The molecule has 0 unspecified atom stereocenters. The highest BCUT2D eigenvalue weighted by atomic mass is 79.9. The average Bonchev–Trinajstić information content (AvgIpc) is 2.95. The molecular weight excluding hydrogens is 334 g/mol. The third kappa shape index (κ3) is 2.31. The molecule has 0 saturated heterocycles. The Bertz CT molecular complexity index is 952. The number of tetrazole rings is 1. The van der Waals surface area contributed by atoms with Crippen molar-refractivity contribution < 1.29 is 4.74 Å². The molecule has 0 aliphatic rings. The highest BCUT2D eigenvalue weighted by molar-refractivity contribution is 9.10. The van der Waals surface area contributed by atoms with Crippen LogP contribution in [0.4, 0.5) is 0 Å². The van der Waals surface area contributed by atoms with E-state index in [-0.39, 0.29) is 0 Å². The highest BCUT2D eigenvalue weighted by Gasteiger charge is 2.04. The zero-order valence-electron chi connectivity index (χ0n) is 10.6. The van der Waals surface area contributed by atoms with E-state index in [9.17, 15) is 0 Å². The summed E-state index contributed by atoms with van der Waals surface area (Å²) in [6.07, 6.45) is 0. The Labute approximate surface area is 127 Å². The van der Waals surface area contributed by atoms with E-state index in [2.05, 4.69) is 42.6 Å². The molecular formula is C14H8BrN5O. The predicted octanol–water partition coefficient (Wildman–Crippen LogP) is 3.23. The lowest BCUT2D eigenvalue weighted by molar-refractivity contribution is 0.447. The van der Waals surface area contributed by atoms with Crippen LogP contribution in [-0.2, 0) is 0 Å². The molecule has 0 N–H and O–H groups in total. The van der Waals surface area contributed by atoms with Gasteiger partial charge in [0.15, 0.2) is 5.65 Å². The van der Waals surface area contributed by atoms with Crippen molar-refractivity contribution >= 4 is 32.3 Å². The minimum atomic E-state index is 0.436. The topological polar surface area (TPSA) is 65.2 Å². The molecule has 0 amide bonds. The Kier molecular flexibility index (Phi) is 2.78. The molecule has 0 saturated carbocycles. The van der Waals surface area contributed by atoms with Gasteiger partial charge in [-0.05, 0) is 51.5 Å². The van der Waals surface area contributed by atoms with Gasteiger partial charge in [-0.2, -0.15) is 0 Å². The maximum atomic E-state index is 5.75. The first-order valence-corrected chi connectivity index (χ1v) is 7.00. The molecule has 0 aliphatic carbocycles. The van der Waals surface area contributed by atoms with Gasteiger partial charge >= 0.3 is 0 Å².